The number of hydrogen-bond acceptors (Lipinski definition) is 2. The third kappa shape index (κ3) is 3.23. The molecule has 4 atom stereocenters. The highest BCUT2D eigenvalue weighted by Gasteiger charge is 2.39. The molecule has 4 unspecified atom stereocenters. The number of rotatable bonds is 1. The van der Waals surface area contributed by atoms with Crippen molar-refractivity contribution in [2.45, 2.75) is 65.5 Å². The molecule has 2 fully saturated rings. The Hall–Kier alpha value is -0.0800. The monoisotopic (exact) mass is 239 g/mol. The molecule has 2 heteroatoms. The molecule has 100 valence electrons. The molecule has 0 spiro atoms. The Morgan fingerprint density at radius 1 is 1.12 bits per heavy atom. The Morgan fingerprint density at radius 3 is 2.29 bits per heavy atom. The van der Waals surface area contributed by atoms with Crippen LogP contribution in [0.4, 0.5) is 0 Å². The summed E-state index contributed by atoms with van der Waals surface area (Å²) in [5.41, 5.74) is 0.411. The minimum absolute atomic E-state index is 0.0967. The standard InChI is InChI=1S/C15H29NO/c1-11-7-12(2)10-16(9-11)13-8-15(3,4)6-5-14(13)17/h11-14,17H,5-10H2,1-4H3. The second kappa shape index (κ2) is 4.89. The van der Waals surface area contributed by atoms with E-state index >= 15 is 0 Å². The minimum Gasteiger partial charge on any atom is -0.391 e. The SMILES string of the molecule is CC1CC(C)CN(C2CC(C)(C)CCC2O)C1. The zero-order chi connectivity index (χ0) is 12.6. The molecule has 1 N–H and O–H groups in total. The second-order valence-electron chi connectivity index (χ2n) is 7.44. The van der Waals surface area contributed by atoms with Crippen molar-refractivity contribution in [2.75, 3.05) is 13.1 Å². The molecule has 1 saturated carbocycles. The Kier molecular flexibility index (Phi) is 3.84. The average Bonchev–Trinajstić information content (AvgIpc) is 2.20. The van der Waals surface area contributed by atoms with Crippen molar-refractivity contribution in [3.05, 3.63) is 0 Å². The van der Waals surface area contributed by atoms with Gasteiger partial charge in [0.15, 0.2) is 0 Å². The number of aliphatic hydroxyl groups excluding tert-OH is 1. The Labute approximate surface area is 106 Å². The third-order valence-corrected chi connectivity index (χ3v) is 4.69. The molecule has 2 nitrogen and oxygen atoms in total. The average molecular weight is 239 g/mol. The maximum absolute atomic E-state index is 10.3. The summed E-state index contributed by atoms with van der Waals surface area (Å²) in [6.45, 7) is 11.8. The number of nitrogens with zero attached hydrogens (tertiary/aromatic N) is 1. The van der Waals surface area contributed by atoms with Gasteiger partial charge in [0, 0.05) is 19.1 Å². The summed E-state index contributed by atoms with van der Waals surface area (Å²) in [6.07, 6.45) is 4.57. The van der Waals surface area contributed by atoms with E-state index in [9.17, 15) is 5.11 Å². The number of likely N-dealkylation sites (tertiary alicyclic amines) is 1. The van der Waals surface area contributed by atoms with E-state index < -0.39 is 0 Å². The highest BCUT2D eigenvalue weighted by molar-refractivity contribution is 4.92. The largest absolute Gasteiger partial charge is 0.391 e. The molecular formula is C15H29NO. The van der Waals surface area contributed by atoms with Crippen LogP contribution in [0.25, 0.3) is 0 Å². The van der Waals surface area contributed by atoms with Crippen molar-refractivity contribution in [1.29, 1.82) is 0 Å². The van der Waals surface area contributed by atoms with E-state index in [0.717, 1.165) is 24.7 Å². The van der Waals surface area contributed by atoms with Gasteiger partial charge in [-0.2, -0.15) is 0 Å². The fourth-order valence-corrected chi connectivity index (χ4v) is 3.89. The van der Waals surface area contributed by atoms with Crippen molar-refractivity contribution in [2.24, 2.45) is 17.3 Å². The van der Waals surface area contributed by atoms with Crippen LogP contribution in [-0.4, -0.2) is 35.2 Å². The lowest BCUT2D eigenvalue weighted by Crippen LogP contribution is -2.53. The normalized spacial score (nSPS) is 43.6. The van der Waals surface area contributed by atoms with E-state index in [0.29, 0.717) is 11.5 Å². The van der Waals surface area contributed by atoms with Crippen LogP contribution in [0.1, 0.15) is 53.4 Å². The lowest BCUT2D eigenvalue weighted by atomic mass is 9.72. The number of hydrogen-bond donors (Lipinski definition) is 1. The van der Waals surface area contributed by atoms with Crippen LogP contribution in [0, 0.1) is 17.3 Å². The summed E-state index contributed by atoms with van der Waals surface area (Å²) in [5.74, 6) is 1.58. The molecule has 1 aliphatic carbocycles. The van der Waals surface area contributed by atoms with Gasteiger partial charge in [0.2, 0.25) is 0 Å². The fourth-order valence-electron chi connectivity index (χ4n) is 3.89. The maximum Gasteiger partial charge on any atom is 0.0695 e. The lowest BCUT2D eigenvalue weighted by Gasteiger charge is -2.47. The van der Waals surface area contributed by atoms with Gasteiger partial charge in [-0.05, 0) is 42.9 Å². The molecule has 0 aromatic rings. The Balaban J connectivity index is 2.04. The smallest absolute Gasteiger partial charge is 0.0695 e. The van der Waals surface area contributed by atoms with Crippen molar-refractivity contribution >= 4 is 0 Å². The first-order valence-corrected chi connectivity index (χ1v) is 7.29. The number of aliphatic hydroxyl groups is 1. The molecule has 2 rings (SSSR count). The van der Waals surface area contributed by atoms with E-state index in [1.807, 2.05) is 0 Å². The van der Waals surface area contributed by atoms with Crippen molar-refractivity contribution in [3.8, 4) is 0 Å². The number of piperidine rings is 1. The summed E-state index contributed by atoms with van der Waals surface area (Å²) in [4.78, 5) is 2.57. The molecule has 0 aromatic heterocycles. The lowest BCUT2D eigenvalue weighted by molar-refractivity contribution is -0.0388. The molecule has 0 bridgehead atoms. The topological polar surface area (TPSA) is 23.5 Å². The Morgan fingerprint density at radius 2 is 1.71 bits per heavy atom. The van der Waals surface area contributed by atoms with Crippen molar-refractivity contribution in [1.82, 2.24) is 4.90 Å². The molecule has 0 radical (unpaired) electrons. The predicted molar refractivity (Wildman–Crippen MR) is 71.9 cm³/mol. The van der Waals surface area contributed by atoms with Gasteiger partial charge < -0.3 is 5.11 Å². The van der Waals surface area contributed by atoms with E-state index in [2.05, 4.69) is 32.6 Å². The van der Waals surface area contributed by atoms with Crippen LogP contribution in [0.3, 0.4) is 0 Å². The van der Waals surface area contributed by atoms with Gasteiger partial charge >= 0.3 is 0 Å². The first-order valence-electron chi connectivity index (χ1n) is 7.29. The summed E-state index contributed by atoms with van der Waals surface area (Å²) in [6, 6.07) is 0.406. The molecule has 17 heavy (non-hydrogen) atoms. The third-order valence-electron chi connectivity index (χ3n) is 4.69. The second-order valence-corrected chi connectivity index (χ2v) is 7.44. The van der Waals surface area contributed by atoms with Crippen LogP contribution >= 0.6 is 0 Å². The minimum atomic E-state index is -0.0967. The van der Waals surface area contributed by atoms with Crippen LogP contribution in [0.15, 0.2) is 0 Å². The van der Waals surface area contributed by atoms with Gasteiger partial charge in [-0.1, -0.05) is 27.7 Å². The molecule has 1 aliphatic heterocycles. The van der Waals surface area contributed by atoms with Crippen molar-refractivity contribution < 1.29 is 5.11 Å². The van der Waals surface area contributed by atoms with Crippen molar-refractivity contribution in [3.63, 3.8) is 0 Å². The van der Waals surface area contributed by atoms with Crippen LogP contribution in [0.2, 0.25) is 0 Å². The van der Waals surface area contributed by atoms with Gasteiger partial charge in [0.05, 0.1) is 6.10 Å². The summed E-state index contributed by atoms with van der Waals surface area (Å²) in [7, 11) is 0. The fraction of sp³-hybridized carbons (Fsp3) is 1.00. The highest BCUT2D eigenvalue weighted by Crippen LogP contribution is 2.39. The van der Waals surface area contributed by atoms with E-state index in [4.69, 9.17) is 0 Å². The Bertz CT molecular complexity index is 254. The molecule has 0 amide bonds. The van der Waals surface area contributed by atoms with Crippen LogP contribution in [-0.2, 0) is 0 Å². The van der Waals surface area contributed by atoms with Gasteiger partial charge in [0.25, 0.3) is 0 Å². The summed E-state index contributed by atoms with van der Waals surface area (Å²) in [5, 5.41) is 10.3. The van der Waals surface area contributed by atoms with Gasteiger partial charge in [-0.3, -0.25) is 4.90 Å². The maximum atomic E-state index is 10.3. The quantitative estimate of drug-likeness (QED) is 0.760. The zero-order valence-electron chi connectivity index (χ0n) is 11.9. The van der Waals surface area contributed by atoms with Gasteiger partial charge in [-0.25, -0.2) is 0 Å². The molecular weight excluding hydrogens is 210 g/mol. The molecule has 0 aromatic carbocycles. The summed E-state index contributed by atoms with van der Waals surface area (Å²) < 4.78 is 0. The predicted octanol–water partition coefficient (Wildman–Crippen LogP) is 2.90. The van der Waals surface area contributed by atoms with E-state index in [1.54, 1.807) is 0 Å². The van der Waals surface area contributed by atoms with E-state index in [1.165, 1.54) is 25.9 Å². The first kappa shape index (κ1) is 13.4. The van der Waals surface area contributed by atoms with Crippen LogP contribution < -0.4 is 0 Å². The van der Waals surface area contributed by atoms with Crippen LogP contribution in [0.5, 0.6) is 0 Å². The van der Waals surface area contributed by atoms with E-state index in [-0.39, 0.29) is 6.10 Å². The molecule has 1 heterocycles. The summed E-state index contributed by atoms with van der Waals surface area (Å²) >= 11 is 0. The zero-order valence-corrected chi connectivity index (χ0v) is 11.9. The highest BCUT2D eigenvalue weighted by atomic mass is 16.3. The molecule has 2 aliphatic rings. The van der Waals surface area contributed by atoms with Gasteiger partial charge in [0.1, 0.15) is 0 Å². The van der Waals surface area contributed by atoms with Gasteiger partial charge in [-0.15, -0.1) is 0 Å². The first-order chi connectivity index (χ1) is 7.87. The molecule has 1 saturated heterocycles.